The van der Waals surface area contributed by atoms with Gasteiger partial charge in [-0.1, -0.05) is 0 Å². The van der Waals surface area contributed by atoms with Crippen molar-refractivity contribution in [3.05, 3.63) is 17.0 Å². The molecule has 3 aliphatic heterocycles. The van der Waals surface area contributed by atoms with Crippen LogP contribution in [0.15, 0.2) is 15.7 Å². The first-order valence-corrected chi connectivity index (χ1v) is 9.81. The van der Waals surface area contributed by atoms with Crippen molar-refractivity contribution >= 4 is 21.4 Å². The molecule has 6 nitrogen and oxygen atoms in total. The zero-order valence-corrected chi connectivity index (χ0v) is 13.8. The zero-order chi connectivity index (χ0) is 15.2. The molecule has 0 N–H and O–H groups in total. The van der Waals surface area contributed by atoms with Crippen molar-refractivity contribution in [1.29, 1.82) is 0 Å². The van der Waals surface area contributed by atoms with E-state index in [1.165, 1.54) is 11.3 Å². The summed E-state index contributed by atoms with van der Waals surface area (Å²) in [5.41, 5.74) is 0.649. The van der Waals surface area contributed by atoms with Crippen LogP contribution in [0.2, 0.25) is 0 Å². The van der Waals surface area contributed by atoms with Gasteiger partial charge >= 0.3 is 0 Å². The molecule has 0 aromatic carbocycles. The molecule has 8 heteroatoms. The van der Waals surface area contributed by atoms with E-state index < -0.39 is 16.3 Å². The Morgan fingerprint density at radius 3 is 2.77 bits per heavy atom. The zero-order valence-electron chi connectivity index (χ0n) is 12.2. The van der Waals surface area contributed by atoms with E-state index in [-0.39, 0.29) is 5.41 Å². The third-order valence-corrected chi connectivity index (χ3v) is 8.03. The number of nitrogens with zero attached hydrogens (tertiary/aromatic N) is 1. The van der Waals surface area contributed by atoms with E-state index >= 15 is 0 Å². The van der Waals surface area contributed by atoms with Crippen molar-refractivity contribution in [1.82, 2.24) is 4.31 Å². The molecule has 0 amide bonds. The Hall–Kier alpha value is -0.510. The number of ether oxygens (including phenoxy) is 3. The third kappa shape index (κ3) is 2.42. The molecule has 0 radical (unpaired) electrons. The number of sulfonamides is 1. The molecule has 0 aliphatic carbocycles. The predicted octanol–water partition coefficient (Wildman–Crippen LogP) is 1.59. The minimum Gasteiger partial charge on any atom is -0.381 e. The lowest BCUT2D eigenvalue weighted by Gasteiger charge is -2.22. The smallest absolute Gasteiger partial charge is 0.253 e. The van der Waals surface area contributed by atoms with Gasteiger partial charge in [-0.25, -0.2) is 8.42 Å². The summed E-state index contributed by atoms with van der Waals surface area (Å²) in [6, 6.07) is 1.79. The molecule has 4 heterocycles. The third-order valence-electron chi connectivity index (χ3n) is 4.70. The number of hydrogen-bond donors (Lipinski definition) is 0. The van der Waals surface area contributed by atoms with Gasteiger partial charge in [-0.2, -0.15) is 4.31 Å². The van der Waals surface area contributed by atoms with Crippen molar-refractivity contribution in [2.75, 3.05) is 39.5 Å². The average molecular weight is 345 g/mol. The Kier molecular flexibility index (Phi) is 3.79. The second kappa shape index (κ2) is 5.54. The van der Waals surface area contributed by atoms with Crippen molar-refractivity contribution in [2.45, 2.75) is 23.3 Å². The summed E-state index contributed by atoms with van der Waals surface area (Å²) < 4.78 is 44.4. The van der Waals surface area contributed by atoms with Crippen molar-refractivity contribution in [2.24, 2.45) is 5.41 Å². The van der Waals surface area contributed by atoms with Crippen LogP contribution in [0.1, 0.15) is 24.7 Å². The van der Waals surface area contributed by atoms with Gasteiger partial charge in [-0.05, 0) is 24.3 Å². The Balaban J connectivity index is 1.60. The van der Waals surface area contributed by atoms with Gasteiger partial charge in [0.25, 0.3) is 10.0 Å². The highest BCUT2D eigenvalue weighted by Crippen LogP contribution is 2.42. The Bertz CT molecular complexity index is 644. The Labute approximate surface area is 134 Å². The van der Waals surface area contributed by atoms with Crippen LogP contribution in [0.3, 0.4) is 0 Å². The summed E-state index contributed by atoms with van der Waals surface area (Å²) in [5.74, 6) is 0. The van der Waals surface area contributed by atoms with Crippen LogP contribution in [0, 0.1) is 5.41 Å². The van der Waals surface area contributed by atoms with Crippen molar-refractivity contribution < 1.29 is 22.6 Å². The van der Waals surface area contributed by atoms with Gasteiger partial charge in [0.1, 0.15) is 4.21 Å². The topological polar surface area (TPSA) is 65.1 Å². The summed E-state index contributed by atoms with van der Waals surface area (Å²) in [6.07, 6.45) is 1.27. The van der Waals surface area contributed by atoms with Crippen LogP contribution in [0.25, 0.3) is 0 Å². The lowest BCUT2D eigenvalue weighted by molar-refractivity contribution is -0.0456. The molecule has 1 aromatic rings. The van der Waals surface area contributed by atoms with Gasteiger partial charge in [0, 0.05) is 30.7 Å². The summed E-state index contributed by atoms with van der Waals surface area (Å²) >= 11 is 1.24. The minimum absolute atomic E-state index is 0.0187. The molecule has 1 aromatic heterocycles. The summed E-state index contributed by atoms with van der Waals surface area (Å²) in [7, 11) is -3.49. The van der Waals surface area contributed by atoms with Gasteiger partial charge in [-0.15, -0.1) is 11.3 Å². The Morgan fingerprint density at radius 1 is 1.23 bits per heavy atom. The molecule has 3 fully saturated rings. The van der Waals surface area contributed by atoms with Gasteiger partial charge in [0.2, 0.25) is 0 Å². The normalized spacial score (nSPS) is 30.7. The maximum atomic E-state index is 13.0. The van der Waals surface area contributed by atoms with E-state index in [9.17, 15) is 8.42 Å². The summed E-state index contributed by atoms with van der Waals surface area (Å²) in [6.45, 7) is 3.54. The molecular formula is C14H19NO5S2. The maximum absolute atomic E-state index is 13.0. The lowest BCUT2D eigenvalue weighted by atomic mass is 9.87. The highest BCUT2D eigenvalue weighted by molar-refractivity contribution is 7.91. The Morgan fingerprint density at radius 2 is 2.05 bits per heavy atom. The first kappa shape index (κ1) is 15.0. The second-order valence-corrected chi connectivity index (χ2v) is 9.18. The van der Waals surface area contributed by atoms with Crippen LogP contribution in [-0.4, -0.2) is 52.2 Å². The number of rotatable bonds is 3. The second-order valence-electron chi connectivity index (χ2n) is 6.13. The highest BCUT2D eigenvalue weighted by atomic mass is 32.2. The van der Waals surface area contributed by atoms with E-state index in [2.05, 4.69) is 0 Å². The van der Waals surface area contributed by atoms with Gasteiger partial charge in [0.15, 0.2) is 6.29 Å². The molecule has 1 unspecified atom stereocenters. The van der Waals surface area contributed by atoms with Gasteiger partial charge in [-0.3, -0.25) is 0 Å². The summed E-state index contributed by atoms with van der Waals surface area (Å²) in [4.78, 5) is 0. The number of thiophene rings is 1. The van der Waals surface area contributed by atoms with Gasteiger partial charge in [0.05, 0.1) is 19.8 Å². The largest absolute Gasteiger partial charge is 0.381 e. The molecule has 0 bridgehead atoms. The van der Waals surface area contributed by atoms with Crippen molar-refractivity contribution in [3.8, 4) is 0 Å². The SMILES string of the molecule is O=S(=O)(c1sccc1C1OCCO1)N1CCC2(CCOC2)C1. The molecule has 4 rings (SSSR count). The van der Waals surface area contributed by atoms with Crippen LogP contribution >= 0.6 is 11.3 Å². The van der Waals surface area contributed by atoms with Crippen LogP contribution in [0.4, 0.5) is 0 Å². The fourth-order valence-corrected chi connectivity index (χ4v) is 6.50. The van der Waals surface area contributed by atoms with Crippen molar-refractivity contribution in [3.63, 3.8) is 0 Å². The lowest BCUT2D eigenvalue weighted by Crippen LogP contribution is -2.32. The monoisotopic (exact) mass is 345 g/mol. The van der Waals surface area contributed by atoms with E-state index in [1.54, 1.807) is 15.8 Å². The predicted molar refractivity (Wildman–Crippen MR) is 80.2 cm³/mol. The molecule has 3 saturated heterocycles. The van der Waals surface area contributed by atoms with E-state index in [4.69, 9.17) is 14.2 Å². The molecule has 3 aliphatic rings. The number of hydrogen-bond acceptors (Lipinski definition) is 6. The van der Waals surface area contributed by atoms with E-state index in [0.717, 1.165) is 19.4 Å². The van der Waals surface area contributed by atoms with Crippen LogP contribution < -0.4 is 0 Å². The standard InChI is InChI=1S/C14H19NO5S2/c16-22(17,15-4-2-14(9-15)3-5-18-10-14)13-11(1-8-21-13)12-19-6-7-20-12/h1,8,12H,2-7,9-10H2. The first-order chi connectivity index (χ1) is 10.6. The molecule has 1 spiro atoms. The van der Waals surface area contributed by atoms with E-state index in [1.807, 2.05) is 0 Å². The molecule has 1 atom stereocenters. The molecule has 122 valence electrons. The maximum Gasteiger partial charge on any atom is 0.253 e. The average Bonchev–Trinajstić information content (AvgIpc) is 3.29. The first-order valence-electron chi connectivity index (χ1n) is 7.49. The van der Waals surface area contributed by atoms with E-state index in [0.29, 0.717) is 42.7 Å². The van der Waals surface area contributed by atoms with Gasteiger partial charge < -0.3 is 14.2 Å². The quantitative estimate of drug-likeness (QED) is 0.832. The molecule has 0 saturated carbocycles. The molecule has 22 heavy (non-hydrogen) atoms. The van der Waals surface area contributed by atoms with Crippen LogP contribution in [-0.2, 0) is 24.2 Å². The fraction of sp³-hybridized carbons (Fsp3) is 0.714. The molecular weight excluding hydrogens is 326 g/mol. The highest BCUT2D eigenvalue weighted by Gasteiger charge is 2.46. The summed E-state index contributed by atoms with van der Waals surface area (Å²) in [5, 5.41) is 1.79. The van der Waals surface area contributed by atoms with Crippen LogP contribution in [0.5, 0.6) is 0 Å². The fourth-order valence-electron chi connectivity index (χ4n) is 3.42. The minimum atomic E-state index is -3.49.